The maximum absolute atomic E-state index is 11.9. The van der Waals surface area contributed by atoms with E-state index in [0.29, 0.717) is 13.0 Å². The smallest absolute Gasteiger partial charge is 0.407 e. The predicted molar refractivity (Wildman–Crippen MR) is 70.5 cm³/mol. The van der Waals surface area contributed by atoms with Gasteiger partial charge in [0.15, 0.2) is 0 Å². The predicted octanol–water partition coefficient (Wildman–Crippen LogP) is 2.39. The monoisotopic (exact) mass is 312 g/mol. The number of carbonyl (C=O) groups excluding carboxylic acids is 1. The zero-order valence-electron chi connectivity index (χ0n) is 9.60. The van der Waals surface area contributed by atoms with Crippen LogP contribution in [0.1, 0.15) is 6.42 Å². The molecule has 1 atom stereocenters. The summed E-state index contributed by atoms with van der Waals surface area (Å²) in [6.07, 6.45) is -0.386. The van der Waals surface area contributed by atoms with Crippen molar-refractivity contribution < 1.29 is 14.7 Å². The molecule has 2 N–H and O–H groups in total. The fraction of sp³-hybridized carbons (Fsp3) is 0.333. The summed E-state index contributed by atoms with van der Waals surface area (Å²) in [6, 6.07) is 7.28. The van der Waals surface area contributed by atoms with Crippen LogP contribution < -0.4 is 5.32 Å². The molecule has 0 aromatic heterocycles. The number of benzene rings is 1. The molecule has 1 aliphatic rings. The van der Waals surface area contributed by atoms with Crippen molar-refractivity contribution in [2.45, 2.75) is 6.42 Å². The van der Waals surface area contributed by atoms with Crippen LogP contribution >= 0.6 is 15.9 Å². The van der Waals surface area contributed by atoms with E-state index in [1.807, 2.05) is 12.1 Å². The van der Waals surface area contributed by atoms with Gasteiger partial charge in [-0.1, -0.05) is 15.9 Å². The van der Waals surface area contributed by atoms with Crippen molar-refractivity contribution >= 4 is 33.6 Å². The minimum atomic E-state index is -0.964. The number of hydrogen-bond donors (Lipinski definition) is 2. The van der Waals surface area contributed by atoms with Crippen molar-refractivity contribution in [3.8, 4) is 0 Å². The molecule has 1 heterocycles. The average molecular weight is 313 g/mol. The third-order valence-corrected chi connectivity index (χ3v) is 3.47. The van der Waals surface area contributed by atoms with Gasteiger partial charge in [0.25, 0.3) is 0 Å². The Balaban J connectivity index is 1.93. The van der Waals surface area contributed by atoms with Gasteiger partial charge in [0.2, 0.25) is 5.91 Å². The lowest BCUT2D eigenvalue weighted by Crippen LogP contribution is -2.30. The van der Waals surface area contributed by atoms with E-state index in [0.717, 1.165) is 10.2 Å². The molecule has 1 saturated heterocycles. The standard InChI is InChI=1S/C12H13BrN2O3/c13-9-1-3-10(4-2-9)14-11(16)8-5-6-15(7-8)12(17)18/h1-4,8H,5-7H2,(H,14,16)(H,17,18)/t8-/m1/s1. The Morgan fingerprint density at radius 1 is 1.33 bits per heavy atom. The number of rotatable bonds is 2. The normalized spacial score (nSPS) is 18.7. The molecule has 1 aromatic carbocycles. The van der Waals surface area contributed by atoms with Crippen LogP contribution in [0, 0.1) is 5.92 Å². The highest BCUT2D eigenvalue weighted by Crippen LogP contribution is 2.19. The molecule has 18 heavy (non-hydrogen) atoms. The lowest BCUT2D eigenvalue weighted by atomic mass is 10.1. The van der Waals surface area contributed by atoms with Crippen molar-refractivity contribution in [1.82, 2.24) is 4.90 Å². The highest BCUT2D eigenvalue weighted by Gasteiger charge is 2.30. The van der Waals surface area contributed by atoms with Crippen LogP contribution in [-0.4, -0.2) is 35.1 Å². The summed E-state index contributed by atoms with van der Waals surface area (Å²) in [6.45, 7) is 0.700. The van der Waals surface area contributed by atoms with Crippen molar-refractivity contribution in [1.29, 1.82) is 0 Å². The van der Waals surface area contributed by atoms with Crippen LogP contribution in [0.5, 0.6) is 0 Å². The van der Waals surface area contributed by atoms with Gasteiger partial charge in [0.1, 0.15) is 0 Å². The Hall–Kier alpha value is -1.56. The Morgan fingerprint density at radius 3 is 2.56 bits per heavy atom. The second-order valence-corrected chi connectivity index (χ2v) is 5.13. The van der Waals surface area contributed by atoms with Gasteiger partial charge >= 0.3 is 6.09 Å². The molecule has 0 radical (unpaired) electrons. The number of nitrogens with one attached hydrogen (secondary N) is 1. The molecule has 0 bridgehead atoms. The first-order valence-electron chi connectivity index (χ1n) is 5.60. The van der Waals surface area contributed by atoms with Crippen LogP contribution in [0.25, 0.3) is 0 Å². The molecule has 6 heteroatoms. The van der Waals surface area contributed by atoms with E-state index >= 15 is 0 Å². The second kappa shape index (κ2) is 5.39. The third-order valence-electron chi connectivity index (χ3n) is 2.94. The molecule has 5 nitrogen and oxygen atoms in total. The van der Waals surface area contributed by atoms with Crippen LogP contribution in [0.15, 0.2) is 28.7 Å². The SMILES string of the molecule is O=C(Nc1ccc(Br)cc1)[C@@H]1CCN(C(=O)O)C1. The molecule has 1 aliphatic heterocycles. The molecule has 0 aliphatic carbocycles. The highest BCUT2D eigenvalue weighted by atomic mass is 79.9. The molecular weight excluding hydrogens is 300 g/mol. The van der Waals surface area contributed by atoms with Crippen molar-refractivity contribution in [2.24, 2.45) is 5.92 Å². The number of hydrogen-bond acceptors (Lipinski definition) is 2. The summed E-state index contributed by atoms with van der Waals surface area (Å²) >= 11 is 3.32. The van der Waals surface area contributed by atoms with Gasteiger partial charge in [-0.2, -0.15) is 0 Å². The molecule has 1 aromatic rings. The lowest BCUT2D eigenvalue weighted by molar-refractivity contribution is -0.119. The Labute approximate surface area is 113 Å². The summed E-state index contributed by atoms with van der Waals surface area (Å²) in [5.41, 5.74) is 0.719. The molecule has 2 amide bonds. The van der Waals surface area contributed by atoms with E-state index in [2.05, 4.69) is 21.2 Å². The number of likely N-dealkylation sites (tertiary alicyclic amines) is 1. The Kier molecular flexibility index (Phi) is 3.86. The van der Waals surface area contributed by atoms with E-state index in [9.17, 15) is 9.59 Å². The van der Waals surface area contributed by atoms with E-state index in [1.54, 1.807) is 12.1 Å². The van der Waals surface area contributed by atoms with Crippen LogP contribution in [0.2, 0.25) is 0 Å². The van der Waals surface area contributed by atoms with E-state index < -0.39 is 6.09 Å². The zero-order chi connectivity index (χ0) is 13.1. The van der Waals surface area contributed by atoms with Gasteiger partial charge in [-0.25, -0.2) is 4.79 Å². The summed E-state index contributed by atoms with van der Waals surface area (Å²) in [5.74, 6) is -0.384. The molecule has 0 unspecified atom stereocenters. The molecule has 0 saturated carbocycles. The molecular formula is C12H13BrN2O3. The Morgan fingerprint density at radius 2 is 2.00 bits per heavy atom. The Bertz CT molecular complexity index is 461. The van der Waals surface area contributed by atoms with E-state index in [1.165, 1.54) is 4.90 Å². The maximum Gasteiger partial charge on any atom is 0.407 e. The minimum Gasteiger partial charge on any atom is -0.465 e. The van der Waals surface area contributed by atoms with E-state index in [-0.39, 0.29) is 18.4 Å². The largest absolute Gasteiger partial charge is 0.465 e. The van der Waals surface area contributed by atoms with Crippen LogP contribution in [0.3, 0.4) is 0 Å². The number of carboxylic acid groups (broad SMARTS) is 1. The summed E-state index contributed by atoms with van der Waals surface area (Å²) < 4.78 is 0.943. The number of halogens is 1. The molecule has 0 spiro atoms. The van der Waals surface area contributed by atoms with Crippen LogP contribution in [0.4, 0.5) is 10.5 Å². The fourth-order valence-electron chi connectivity index (χ4n) is 1.93. The van der Waals surface area contributed by atoms with Gasteiger partial charge < -0.3 is 15.3 Å². The minimum absolute atomic E-state index is 0.124. The molecule has 2 rings (SSSR count). The maximum atomic E-state index is 11.9. The number of amides is 2. The highest BCUT2D eigenvalue weighted by molar-refractivity contribution is 9.10. The second-order valence-electron chi connectivity index (χ2n) is 4.21. The summed E-state index contributed by atoms with van der Waals surface area (Å²) in [5, 5.41) is 11.6. The number of carbonyl (C=O) groups is 2. The quantitative estimate of drug-likeness (QED) is 0.881. The van der Waals surface area contributed by atoms with Crippen LogP contribution in [-0.2, 0) is 4.79 Å². The average Bonchev–Trinajstić information content (AvgIpc) is 2.81. The molecule has 96 valence electrons. The van der Waals surface area contributed by atoms with Gasteiger partial charge in [-0.05, 0) is 30.7 Å². The summed E-state index contributed by atoms with van der Waals surface area (Å²) in [4.78, 5) is 23.9. The van der Waals surface area contributed by atoms with E-state index in [4.69, 9.17) is 5.11 Å². The first kappa shape index (κ1) is 12.9. The van der Waals surface area contributed by atoms with Crippen molar-refractivity contribution in [2.75, 3.05) is 18.4 Å². The van der Waals surface area contributed by atoms with Gasteiger partial charge in [0.05, 0.1) is 5.92 Å². The van der Waals surface area contributed by atoms with Crippen molar-refractivity contribution in [3.63, 3.8) is 0 Å². The topological polar surface area (TPSA) is 69.6 Å². The first-order valence-corrected chi connectivity index (χ1v) is 6.40. The summed E-state index contributed by atoms with van der Waals surface area (Å²) in [7, 11) is 0. The van der Waals surface area contributed by atoms with Crippen molar-refractivity contribution in [3.05, 3.63) is 28.7 Å². The number of anilines is 1. The van der Waals surface area contributed by atoms with Gasteiger partial charge in [-0.15, -0.1) is 0 Å². The molecule has 1 fully saturated rings. The lowest BCUT2D eigenvalue weighted by Gasteiger charge is -2.12. The third kappa shape index (κ3) is 3.01. The fourth-order valence-corrected chi connectivity index (χ4v) is 2.19. The zero-order valence-corrected chi connectivity index (χ0v) is 11.2. The van der Waals surface area contributed by atoms with Gasteiger partial charge in [-0.3, -0.25) is 4.79 Å². The first-order chi connectivity index (χ1) is 8.56. The van der Waals surface area contributed by atoms with Gasteiger partial charge in [0, 0.05) is 23.2 Å². The number of nitrogens with zero attached hydrogens (tertiary/aromatic N) is 1.